The number of carbonyl (C=O) groups excluding carboxylic acids is 3. The zero-order valence-corrected chi connectivity index (χ0v) is 15.3. The van der Waals surface area contributed by atoms with Crippen LogP contribution in [0.25, 0.3) is 5.57 Å². The summed E-state index contributed by atoms with van der Waals surface area (Å²) in [6.45, 7) is 5.62. The zero-order valence-electron chi connectivity index (χ0n) is 15.3. The molecule has 0 aliphatic heterocycles. The Morgan fingerprint density at radius 2 is 1.48 bits per heavy atom. The second-order valence-corrected chi connectivity index (χ2v) is 6.05. The average molecular weight is 362 g/mol. The van der Waals surface area contributed by atoms with Crippen molar-refractivity contribution in [2.24, 2.45) is 0 Å². The molecule has 4 heteroatoms. The van der Waals surface area contributed by atoms with Gasteiger partial charge in [-0.3, -0.25) is 14.4 Å². The maximum atomic E-state index is 12.9. The summed E-state index contributed by atoms with van der Waals surface area (Å²) in [6, 6.07) is 17.5. The van der Waals surface area contributed by atoms with E-state index in [2.05, 4.69) is 6.58 Å². The second kappa shape index (κ2) is 10.0. The number of Topliss-reactive ketones (excluding diaryl/α,β-unsaturated/α-hetero) is 2. The van der Waals surface area contributed by atoms with Crippen LogP contribution >= 0.6 is 0 Å². The Balaban J connectivity index is 2.21. The van der Waals surface area contributed by atoms with Crippen LogP contribution in [0, 0.1) is 0 Å². The third-order valence-electron chi connectivity index (χ3n) is 3.87. The molecular formula is C23H22O4. The molecule has 0 spiro atoms. The molecule has 0 aliphatic carbocycles. The largest absolute Gasteiger partial charge is 0.466 e. The van der Waals surface area contributed by atoms with Crippen molar-refractivity contribution in [2.45, 2.75) is 19.8 Å². The lowest BCUT2D eigenvalue weighted by Gasteiger charge is -2.09. The van der Waals surface area contributed by atoms with Crippen molar-refractivity contribution in [1.29, 1.82) is 0 Å². The van der Waals surface area contributed by atoms with Gasteiger partial charge >= 0.3 is 5.97 Å². The van der Waals surface area contributed by atoms with Crippen LogP contribution in [0.5, 0.6) is 0 Å². The van der Waals surface area contributed by atoms with E-state index >= 15 is 0 Å². The van der Waals surface area contributed by atoms with E-state index < -0.39 is 11.6 Å². The van der Waals surface area contributed by atoms with Crippen molar-refractivity contribution in [1.82, 2.24) is 0 Å². The third-order valence-corrected chi connectivity index (χ3v) is 3.87. The van der Waals surface area contributed by atoms with Gasteiger partial charge in [-0.05, 0) is 24.5 Å². The minimum Gasteiger partial charge on any atom is -0.466 e. The Labute approximate surface area is 159 Å². The van der Waals surface area contributed by atoms with E-state index in [9.17, 15) is 14.4 Å². The van der Waals surface area contributed by atoms with E-state index in [1.54, 1.807) is 48.5 Å². The van der Waals surface area contributed by atoms with E-state index in [4.69, 9.17) is 4.74 Å². The predicted octanol–water partition coefficient (Wildman–Crippen LogP) is 4.42. The van der Waals surface area contributed by atoms with Gasteiger partial charge in [-0.1, -0.05) is 72.8 Å². The van der Waals surface area contributed by atoms with Gasteiger partial charge in [0, 0.05) is 18.1 Å². The molecule has 0 unspecified atom stereocenters. The van der Waals surface area contributed by atoms with E-state index in [0.717, 1.165) is 0 Å². The van der Waals surface area contributed by atoms with Crippen molar-refractivity contribution in [3.63, 3.8) is 0 Å². The maximum absolute atomic E-state index is 12.9. The standard InChI is InChI=1S/C23H22O4/c1-17(10-9-15-27-18(2)24)16-21(19-11-5-3-6-12-19)23(26)22(25)20-13-7-4-8-14-20/h3-8,11-14,16H,1,9-10,15H2,2H3/b21-16+. The minimum atomic E-state index is -0.575. The average Bonchev–Trinajstić information content (AvgIpc) is 2.69. The molecule has 0 saturated heterocycles. The number of rotatable bonds is 9. The van der Waals surface area contributed by atoms with Crippen LogP contribution in [0.15, 0.2) is 78.9 Å². The summed E-state index contributed by atoms with van der Waals surface area (Å²) in [5.41, 5.74) is 2.01. The molecule has 0 aliphatic rings. The van der Waals surface area contributed by atoms with Crippen LogP contribution < -0.4 is 0 Å². The number of hydrogen-bond acceptors (Lipinski definition) is 4. The van der Waals surface area contributed by atoms with Crippen LogP contribution in [0.2, 0.25) is 0 Å². The van der Waals surface area contributed by atoms with Gasteiger partial charge < -0.3 is 4.74 Å². The normalized spacial score (nSPS) is 10.9. The van der Waals surface area contributed by atoms with Gasteiger partial charge in [0.15, 0.2) is 0 Å². The van der Waals surface area contributed by atoms with Gasteiger partial charge in [-0.2, -0.15) is 0 Å². The van der Waals surface area contributed by atoms with Crippen molar-refractivity contribution >= 4 is 23.1 Å². The number of allylic oxidation sites excluding steroid dienone is 3. The first-order chi connectivity index (χ1) is 13.0. The lowest BCUT2D eigenvalue weighted by molar-refractivity contribution is -0.141. The summed E-state index contributed by atoms with van der Waals surface area (Å²) in [6.07, 6.45) is 2.79. The molecule has 138 valence electrons. The van der Waals surface area contributed by atoms with Gasteiger partial charge in [0.2, 0.25) is 11.6 Å². The Bertz CT molecular complexity index is 848. The molecule has 0 fully saturated rings. The molecule has 0 saturated carbocycles. The summed E-state index contributed by atoms with van der Waals surface area (Å²) < 4.78 is 4.90. The fraction of sp³-hybridized carbons (Fsp3) is 0.174. The molecule has 2 aromatic carbocycles. The number of carbonyl (C=O) groups is 3. The Kier molecular flexibility index (Phi) is 7.44. The molecular weight excluding hydrogens is 340 g/mol. The van der Waals surface area contributed by atoms with Gasteiger partial charge in [0.1, 0.15) is 0 Å². The quantitative estimate of drug-likeness (QED) is 0.165. The van der Waals surface area contributed by atoms with Crippen LogP contribution in [0.4, 0.5) is 0 Å². The van der Waals surface area contributed by atoms with Gasteiger partial charge in [0.05, 0.1) is 6.61 Å². The molecule has 0 heterocycles. The molecule has 0 amide bonds. The highest BCUT2D eigenvalue weighted by molar-refractivity contribution is 6.58. The third kappa shape index (κ3) is 6.19. The highest BCUT2D eigenvalue weighted by Gasteiger charge is 2.21. The maximum Gasteiger partial charge on any atom is 0.302 e. The molecule has 0 bridgehead atoms. The number of ketones is 2. The molecule has 0 radical (unpaired) electrons. The Hall–Kier alpha value is -3.27. The first kappa shape index (κ1) is 20.0. The lowest BCUT2D eigenvalue weighted by Crippen LogP contribution is -2.16. The molecule has 0 aromatic heterocycles. The van der Waals surface area contributed by atoms with Gasteiger partial charge in [-0.25, -0.2) is 0 Å². The first-order valence-corrected chi connectivity index (χ1v) is 8.71. The highest BCUT2D eigenvalue weighted by Crippen LogP contribution is 2.21. The molecule has 2 aromatic rings. The smallest absolute Gasteiger partial charge is 0.302 e. The van der Waals surface area contributed by atoms with Crippen LogP contribution in [-0.2, 0) is 14.3 Å². The van der Waals surface area contributed by atoms with E-state index in [-0.39, 0.29) is 5.97 Å². The SMILES string of the molecule is C=C(/C=C(/C(=O)C(=O)c1ccccc1)c1ccccc1)CCCOC(C)=O. The van der Waals surface area contributed by atoms with Crippen LogP contribution in [0.1, 0.15) is 35.7 Å². The zero-order chi connectivity index (χ0) is 19.6. The monoisotopic (exact) mass is 362 g/mol. The van der Waals surface area contributed by atoms with Gasteiger partial charge in [0.25, 0.3) is 0 Å². The van der Waals surface area contributed by atoms with Crippen molar-refractivity contribution in [3.8, 4) is 0 Å². The van der Waals surface area contributed by atoms with E-state index in [1.165, 1.54) is 6.92 Å². The summed E-state index contributed by atoms with van der Waals surface area (Å²) in [7, 11) is 0. The summed E-state index contributed by atoms with van der Waals surface area (Å²) in [4.78, 5) is 36.3. The number of esters is 1. The topological polar surface area (TPSA) is 60.4 Å². The predicted molar refractivity (Wildman–Crippen MR) is 105 cm³/mol. The molecule has 27 heavy (non-hydrogen) atoms. The number of hydrogen-bond donors (Lipinski definition) is 0. The Morgan fingerprint density at radius 1 is 0.926 bits per heavy atom. The summed E-state index contributed by atoms with van der Waals surface area (Å²) in [5.74, 6) is -1.46. The van der Waals surface area contributed by atoms with E-state index in [1.807, 2.05) is 18.2 Å². The minimum absolute atomic E-state index is 0.291. The fourth-order valence-electron chi connectivity index (χ4n) is 2.53. The molecule has 0 N–H and O–H groups in total. The summed E-state index contributed by atoms with van der Waals surface area (Å²) >= 11 is 0. The first-order valence-electron chi connectivity index (χ1n) is 8.71. The second-order valence-electron chi connectivity index (χ2n) is 6.05. The Morgan fingerprint density at radius 3 is 2.04 bits per heavy atom. The van der Waals surface area contributed by atoms with Crippen molar-refractivity contribution in [3.05, 3.63) is 90.0 Å². The fourth-order valence-corrected chi connectivity index (χ4v) is 2.53. The molecule has 4 nitrogen and oxygen atoms in total. The van der Waals surface area contributed by atoms with Crippen molar-refractivity contribution < 1.29 is 19.1 Å². The van der Waals surface area contributed by atoms with Crippen molar-refractivity contribution in [2.75, 3.05) is 6.61 Å². The van der Waals surface area contributed by atoms with Crippen LogP contribution in [-0.4, -0.2) is 24.1 Å². The molecule has 0 atom stereocenters. The van der Waals surface area contributed by atoms with Crippen LogP contribution in [0.3, 0.4) is 0 Å². The van der Waals surface area contributed by atoms with Gasteiger partial charge in [-0.15, -0.1) is 0 Å². The lowest BCUT2D eigenvalue weighted by atomic mass is 9.93. The van der Waals surface area contributed by atoms with E-state index in [0.29, 0.717) is 41.7 Å². The summed E-state index contributed by atoms with van der Waals surface area (Å²) in [5, 5.41) is 0. The highest BCUT2D eigenvalue weighted by atomic mass is 16.5. The number of ether oxygens (including phenoxy) is 1. The molecule has 2 rings (SSSR count). The number of benzene rings is 2.